The summed E-state index contributed by atoms with van der Waals surface area (Å²) in [5.41, 5.74) is 4.04. The molecule has 0 aliphatic heterocycles. The van der Waals surface area contributed by atoms with Crippen LogP contribution in [0.25, 0.3) is 0 Å². The molecule has 19 heavy (non-hydrogen) atoms. The van der Waals surface area contributed by atoms with Gasteiger partial charge in [-0.25, -0.2) is 4.98 Å². The lowest BCUT2D eigenvalue weighted by Crippen LogP contribution is -2.17. The van der Waals surface area contributed by atoms with Crippen molar-refractivity contribution in [2.24, 2.45) is 0 Å². The number of thiazole rings is 1. The fraction of sp³-hybridized carbons (Fsp3) is 0.438. The van der Waals surface area contributed by atoms with E-state index in [-0.39, 0.29) is 0 Å². The van der Waals surface area contributed by atoms with Crippen molar-refractivity contribution in [2.45, 2.75) is 46.7 Å². The predicted octanol–water partition coefficient (Wildman–Crippen LogP) is 4.17. The zero-order chi connectivity index (χ0) is 13.8. The van der Waals surface area contributed by atoms with E-state index in [0.717, 1.165) is 13.0 Å². The highest BCUT2D eigenvalue weighted by Crippen LogP contribution is 2.20. The number of aromatic nitrogens is 1. The zero-order valence-electron chi connectivity index (χ0n) is 12.2. The van der Waals surface area contributed by atoms with Crippen LogP contribution in [0.5, 0.6) is 0 Å². The molecule has 3 heteroatoms. The molecular formula is C16H22N2S. The third-order valence-corrected chi connectivity index (χ3v) is 4.80. The van der Waals surface area contributed by atoms with Crippen molar-refractivity contribution in [3.63, 3.8) is 0 Å². The largest absolute Gasteiger partial charge is 0.304 e. The van der Waals surface area contributed by atoms with Gasteiger partial charge in [-0.3, -0.25) is 0 Å². The Balaban J connectivity index is 1.95. The highest BCUT2D eigenvalue weighted by atomic mass is 32.1. The summed E-state index contributed by atoms with van der Waals surface area (Å²) < 4.78 is 0. The summed E-state index contributed by atoms with van der Waals surface area (Å²) in [5.74, 6) is 0. The molecule has 1 atom stereocenters. The maximum atomic E-state index is 4.49. The molecule has 0 bridgehead atoms. The first-order valence-electron chi connectivity index (χ1n) is 6.84. The van der Waals surface area contributed by atoms with Crippen LogP contribution in [0.1, 0.15) is 46.5 Å². The lowest BCUT2D eigenvalue weighted by atomic mass is 10.1. The summed E-state index contributed by atoms with van der Waals surface area (Å²) >= 11 is 1.81. The SMILES string of the molecule is CCc1cnc(C(C)NCc2ccc(C)c(C)c2)s1. The Morgan fingerprint density at radius 3 is 2.68 bits per heavy atom. The van der Waals surface area contributed by atoms with Gasteiger partial charge in [0.1, 0.15) is 5.01 Å². The first-order valence-corrected chi connectivity index (χ1v) is 7.66. The average molecular weight is 274 g/mol. The van der Waals surface area contributed by atoms with Gasteiger partial charge in [0.2, 0.25) is 0 Å². The van der Waals surface area contributed by atoms with Gasteiger partial charge in [0.25, 0.3) is 0 Å². The van der Waals surface area contributed by atoms with Crippen molar-refractivity contribution >= 4 is 11.3 Å². The molecule has 0 spiro atoms. The third kappa shape index (κ3) is 3.64. The summed E-state index contributed by atoms with van der Waals surface area (Å²) in [5, 5.41) is 4.73. The van der Waals surface area contributed by atoms with Crippen LogP contribution in [0.2, 0.25) is 0 Å². The molecule has 1 aromatic carbocycles. The Morgan fingerprint density at radius 1 is 1.26 bits per heavy atom. The fourth-order valence-electron chi connectivity index (χ4n) is 1.96. The van der Waals surface area contributed by atoms with Gasteiger partial charge in [0, 0.05) is 17.6 Å². The molecule has 1 aromatic heterocycles. The van der Waals surface area contributed by atoms with Crippen molar-refractivity contribution in [3.8, 4) is 0 Å². The van der Waals surface area contributed by atoms with Gasteiger partial charge in [0.15, 0.2) is 0 Å². The van der Waals surface area contributed by atoms with Crippen molar-refractivity contribution in [2.75, 3.05) is 0 Å². The zero-order valence-corrected chi connectivity index (χ0v) is 13.0. The number of benzene rings is 1. The average Bonchev–Trinajstić information content (AvgIpc) is 2.88. The molecule has 0 aliphatic carbocycles. The minimum absolute atomic E-state index is 0.312. The molecule has 0 aliphatic rings. The van der Waals surface area contributed by atoms with Gasteiger partial charge in [-0.05, 0) is 43.9 Å². The molecule has 102 valence electrons. The van der Waals surface area contributed by atoms with E-state index in [2.05, 4.69) is 56.2 Å². The van der Waals surface area contributed by atoms with E-state index in [4.69, 9.17) is 0 Å². The van der Waals surface area contributed by atoms with Crippen molar-refractivity contribution in [1.82, 2.24) is 10.3 Å². The Morgan fingerprint density at radius 2 is 2.05 bits per heavy atom. The predicted molar refractivity (Wildman–Crippen MR) is 82.7 cm³/mol. The molecule has 0 saturated heterocycles. The quantitative estimate of drug-likeness (QED) is 0.885. The molecule has 1 heterocycles. The first-order chi connectivity index (χ1) is 9.10. The molecule has 0 radical (unpaired) electrons. The number of aryl methyl sites for hydroxylation is 3. The lowest BCUT2D eigenvalue weighted by Gasteiger charge is -2.12. The summed E-state index contributed by atoms with van der Waals surface area (Å²) in [6, 6.07) is 6.96. The van der Waals surface area contributed by atoms with E-state index in [1.54, 1.807) is 0 Å². The van der Waals surface area contributed by atoms with Crippen LogP contribution in [-0.2, 0) is 13.0 Å². The van der Waals surface area contributed by atoms with Crippen LogP contribution in [0.4, 0.5) is 0 Å². The minimum atomic E-state index is 0.312. The second-order valence-electron chi connectivity index (χ2n) is 5.04. The second kappa shape index (κ2) is 6.31. The fourth-order valence-corrected chi connectivity index (χ4v) is 2.84. The molecule has 2 aromatic rings. The van der Waals surface area contributed by atoms with E-state index in [1.807, 2.05) is 17.5 Å². The molecular weight excluding hydrogens is 252 g/mol. The standard InChI is InChI=1S/C16H22N2S/c1-5-15-10-18-16(19-15)13(4)17-9-14-7-6-11(2)12(3)8-14/h6-8,10,13,17H,5,9H2,1-4H3. The van der Waals surface area contributed by atoms with Crippen molar-refractivity contribution < 1.29 is 0 Å². The maximum absolute atomic E-state index is 4.49. The summed E-state index contributed by atoms with van der Waals surface area (Å²) in [4.78, 5) is 5.84. The minimum Gasteiger partial charge on any atom is -0.304 e. The first kappa shape index (κ1) is 14.2. The topological polar surface area (TPSA) is 24.9 Å². The molecule has 2 nitrogen and oxygen atoms in total. The van der Waals surface area contributed by atoms with Crippen LogP contribution in [0.3, 0.4) is 0 Å². The molecule has 2 rings (SSSR count). The number of hydrogen-bond donors (Lipinski definition) is 1. The lowest BCUT2D eigenvalue weighted by molar-refractivity contribution is 0.571. The van der Waals surface area contributed by atoms with Gasteiger partial charge in [-0.2, -0.15) is 0 Å². The molecule has 0 fully saturated rings. The molecule has 0 amide bonds. The van der Waals surface area contributed by atoms with Crippen LogP contribution >= 0.6 is 11.3 Å². The summed E-state index contributed by atoms with van der Waals surface area (Å²) in [7, 11) is 0. The second-order valence-corrected chi connectivity index (χ2v) is 6.19. The van der Waals surface area contributed by atoms with Gasteiger partial charge in [0.05, 0.1) is 6.04 Å². The van der Waals surface area contributed by atoms with E-state index in [0.29, 0.717) is 6.04 Å². The molecule has 1 unspecified atom stereocenters. The Bertz CT molecular complexity index is 545. The third-order valence-electron chi connectivity index (χ3n) is 3.47. The number of hydrogen-bond acceptors (Lipinski definition) is 3. The number of nitrogens with zero attached hydrogens (tertiary/aromatic N) is 1. The normalized spacial score (nSPS) is 12.6. The van der Waals surface area contributed by atoms with E-state index >= 15 is 0 Å². The number of rotatable bonds is 5. The highest BCUT2D eigenvalue weighted by molar-refractivity contribution is 7.11. The Hall–Kier alpha value is -1.19. The van der Waals surface area contributed by atoms with E-state index in [9.17, 15) is 0 Å². The monoisotopic (exact) mass is 274 g/mol. The summed E-state index contributed by atoms with van der Waals surface area (Å²) in [6.45, 7) is 9.56. The van der Waals surface area contributed by atoms with E-state index < -0.39 is 0 Å². The molecule has 0 saturated carbocycles. The van der Waals surface area contributed by atoms with Crippen LogP contribution in [0, 0.1) is 13.8 Å². The van der Waals surface area contributed by atoms with Gasteiger partial charge < -0.3 is 5.32 Å². The van der Waals surface area contributed by atoms with Gasteiger partial charge in [-0.15, -0.1) is 11.3 Å². The highest BCUT2D eigenvalue weighted by Gasteiger charge is 2.09. The Labute approximate surface area is 119 Å². The maximum Gasteiger partial charge on any atom is 0.109 e. The van der Waals surface area contributed by atoms with Gasteiger partial charge >= 0.3 is 0 Å². The number of nitrogens with one attached hydrogen (secondary N) is 1. The van der Waals surface area contributed by atoms with Crippen molar-refractivity contribution in [1.29, 1.82) is 0 Å². The Kier molecular flexibility index (Phi) is 4.72. The van der Waals surface area contributed by atoms with Crippen molar-refractivity contribution in [3.05, 3.63) is 51.0 Å². The smallest absolute Gasteiger partial charge is 0.109 e. The van der Waals surface area contributed by atoms with Crippen LogP contribution in [-0.4, -0.2) is 4.98 Å². The van der Waals surface area contributed by atoms with Gasteiger partial charge in [-0.1, -0.05) is 25.1 Å². The van der Waals surface area contributed by atoms with E-state index in [1.165, 1.54) is 26.6 Å². The van der Waals surface area contributed by atoms with Crippen LogP contribution in [0.15, 0.2) is 24.4 Å². The molecule has 1 N–H and O–H groups in total. The summed E-state index contributed by atoms with van der Waals surface area (Å²) in [6.07, 6.45) is 3.07. The van der Waals surface area contributed by atoms with Crippen LogP contribution < -0.4 is 5.32 Å².